The monoisotopic (exact) mass is 498 g/mol. The number of methoxy groups -OCH3 is 1. The number of esters is 1. The van der Waals surface area contributed by atoms with E-state index in [1.807, 2.05) is 66.5 Å². The highest BCUT2D eigenvalue weighted by molar-refractivity contribution is 6.37. The molecule has 0 spiro atoms. The van der Waals surface area contributed by atoms with Crippen molar-refractivity contribution in [3.63, 3.8) is 0 Å². The van der Waals surface area contributed by atoms with Gasteiger partial charge in [-0.05, 0) is 42.4 Å². The van der Waals surface area contributed by atoms with E-state index in [-0.39, 0.29) is 11.8 Å². The number of likely N-dealkylation sites (N-methyl/N-ethyl adjacent to an activating group) is 2. The van der Waals surface area contributed by atoms with Gasteiger partial charge in [-0.1, -0.05) is 48.5 Å². The molecule has 0 radical (unpaired) electrons. The third-order valence-corrected chi connectivity index (χ3v) is 6.08. The number of anilines is 2. The van der Waals surface area contributed by atoms with E-state index >= 15 is 0 Å². The summed E-state index contributed by atoms with van der Waals surface area (Å²) in [6.45, 7) is 0.967. The van der Waals surface area contributed by atoms with Crippen LogP contribution in [-0.4, -0.2) is 62.4 Å². The van der Waals surface area contributed by atoms with Crippen LogP contribution in [-0.2, 0) is 20.9 Å². The number of hydrogen-bond donors (Lipinski definition) is 2. The van der Waals surface area contributed by atoms with Crippen molar-refractivity contribution >= 4 is 40.4 Å². The second-order valence-corrected chi connectivity index (χ2v) is 9.10. The molecule has 8 heteroatoms. The Morgan fingerprint density at radius 1 is 0.919 bits per heavy atom. The van der Waals surface area contributed by atoms with Crippen molar-refractivity contribution < 1.29 is 19.1 Å². The second kappa shape index (κ2) is 11.1. The van der Waals surface area contributed by atoms with E-state index in [4.69, 9.17) is 4.74 Å². The molecule has 0 saturated heterocycles. The van der Waals surface area contributed by atoms with Gasteiger partial charge in [-0.15, -0.1) is 0 Å². The first-order valence-electron chi connectivity index (χ1n) is 11.8. The van der Waals surface area contributed by atoms with E-state index in [1.165, 1.54) is 7.11 Å². The van der Waals surface area contributed by atoms with Crippen LogP contribution in [0.15, 0.2) is 72.8 Å². The number of fused-ring (bicyclic) bond motifs is 1. The van der Waals surface area contributed by atoms with Crippen LogP contribution < -0.4 is 10.6 Å². The first-order valence-corrected chi connectivity index (χ1v) is 11.8. The molecule has 3 aromatic rings. The average molecular weight is 499 g/mol. The maximum absolute atomic E-state index is 13.1. The number of ether oxygens (including phenoxy) is 1. The van der Waals surface area contributed by atoms with Crippen molar-refractivity contribution in [3.8, 4) is 0 Å². The molecular weight excluding hydrogens is 468 g/mol. The van der Waals surface area contributed by atoms with E-state index in [9.17, 15) is 14.4 Å². The molecule has 8 nitrogen and oxygen atoms in total. The summed E-state index contributed by atoms with van der Waals surface area (Å²) in [5.41, 5.74) is 5.50. The molecular formula is C29H30N4O4. The maximum atomic E-state index is 13.1. The predicted octanol–water partition coefficient (Wildman–Crippen LogP) is 3.93. The maximum Gasteiger partial charge on any atom is 0.337 e. The lowest BCUT2D eigenvalue weighted by molar-refractivity contribution is -0.129. The van der Waals surface area contributed by atoms with Crippen LogP contribution in [0.25, 0.3) is 11.3 Å². The summed E-state index contributed by atoms with van der Waals surface area (Å²) in [6.07, 6.45) is 0. The lowest BCUT2D eigenvalue weighted by Crippen LogP contribution is -2.34. The van der Waals surface area contributed by atoms with Gasteiger partial charge >= 0.3 is 5.97 Å². The van der Waals surface area contributed by atoms with Gasteiger partial charge in [0.1, 0.15) is 0 Å². The molecule has 37 heavy (non-hydrogen) atoms. The van der Waals surface area contributed by atoms with E-state index in [0.717, 1.165) is 16.8 Å². The van der Waals surface area contributed by atoms with Gasteiger partial charge in [-0.25, -0.2) is 4.79 Å². The van der Waals surface area contributed by atoms with Crippen molar-refractivity contribution in [2.75, 3.05) is 45.4 Å². The molecule has 190 valence electrons. The first kappa shape index (κ1) is 25.7. The Labute approximate surface area is 216 Å². The van der Waals surface area contributed by atoms with Crippen LogP contribution in [0.3, 0.4) is 0 Å². The second-order valence-electron chi connectivity index (χ2n) is 9.10. The number of hydrogen-bond acceptors (Lipinski definition) is 6. The van der Waals surface area contributed by atoms with Crippen molar-refractivity contribution in [2.45, 2.75) is 6.54 Å². The summed E-state index contributed by atoms with van der Waals surface area (Å²) < 4.78 is 4.81. The molecule has 1 aliphatic rings. The number of nitrogens with one attached hydrogen (secondary N) is 2. The highest BCUT2D eigenvalue weighted by Crippen LogP contribution is 2.38. The van der Waals surface area contributed by atoms with Crippen molar-refractivity contribution in [3.05, 3.63) is 95.1 Å². The first-order chi connectivity index (χ1) is 17.8. The summed E-state index contributed by atoms with van der Waals surface area (Å²) in [5, 5.41) is 6.31. The molecule has 0 fully saturated rings. The van der Waals surface area contributed by atoms with E-state index in [2.05, 4.69) is 10.6 Å². The molecule has 2 amide bonds. The topological polar surface area (TPSA) is 91.0 Å². The third-order valence-electron chi connectivity index (χ3n) is 6.08. The van der Waals surface area contributed by atoms with Crippen LogP contribution in [0.1, 0.15) is 27.0 Å². The van der Waals surface area contributed by atoms with Crippen LogP contribution in [0.4, 0.5) is 11.4 Å². The Morgan fingerprint density at radius 2 is 1.62 bits per heavy atom. The molecule has 1 aliphatic heterocycles. The zero-order chi connectivity index (χ0) is 26.5. The number of benzene rings is 3. The Kier molecular flexibility index (Phi) is 7.69. The van der Waals surface area contributed by atoms with Crippen molar-refractivity contribution in [2.24, 2.45) is 0 Å². The number of amides is 2. The van der Waals surface area contributed by atoms with Gasteiger partial charge in [-0.2, -0.15) is 0 Å². The summed E-state index contributed by atoms with van der Waals surface area (Å²) in [4.78, 5) is 40.6. The van der Waals surface area contributed by atoms with Gasteiger partial charge in [0, 0.05) is 31.9 Å². The van der Waals surface area contributed by atoms with E-state index < -0.39 is 5.97 Å². The Hall–Kier alpha value is -4.43. The normalized spacial score (nSPS) is 13.6. The van der Waals surface area contributed by atoms with Gasteiger partial charge in [-0.3, -0.25) is 14.5 Å². The standard InChI is InChI=1S/C29H30N4O4/c1-32(2)25(34)18-33(3)17-19-10-13-22(14-11-19)30-27(20-8-6-5-7-9-20)26-23-15-12-21(29(36)37-4)16-24(23)31-28(26)35/h5-16,30H,17-18H2,1-4H3,(H,31,35)/b27-26-. The zero-order valence-corrected chi connectivity index (χ0v) is 21.4. The third kappa shape index (κ3) is 5.87. The molecule has 4 rings (SSSR count). The highest BCUT2D eigenvalue weighted by Gasteiger charge is 2.29. The van der Waals surface area contributed by atoms with Gasteiger partial charge in [0.05, 0.1) is 36.2 Å². The Bertz CT molecular complexity index is 1350. The quantitative estimate of drug-likeness (QED) is 0.361. The van der Waals surface area contributed by atoms with Crippen LogP contribution >= 0.6 is 0 Å². The van der Waals surface area contributed by atoms with Crippen molar-refractivity contribution in [1.82, 2.24) is 9.80 Å². The van der Waals surface area contributed by atoms with Gasteiger partial charge in [0.2, 0.25) is 5.91 Å². The van der Waals surface area contributed by atoms with Gasteiger partial charge < -0.3 is 20.3 Å². The van der Waals surface area contributed by atoms with Gasteiger partial charge in [0.25, 0.3) is 5.91 Å². The fraction of sp³-hybridized carbons (Fsp3) is 0.207. The number of carbonyl (C=O) groups excluding carboxylic acids is 3. The summed E-state index contributed by atoms with van der Waals surface area (Å²) in [7, 11) is 6.73. The number of nitrogens with zero attached hydrogens (tertiary/aromatic N) is 2. The summed E-state index contributed by atoms with van der Waals surface area (Å²) in [6, 6.07) is 22.6. The Morgan fingerprint density at radius 3 is 2.27 bits per heavy atom. The lowest BCUT2D eigenvalue weighted by Gasteiger charge is -2.19. The molecule has 0 saturated carbocycles. The summed E-state index contributed by atoms with van der Waals surface area (Å²) >= 11 is 0. The fourth-order valence-electron chi connectivity index (χ4n) is 4.13. The zero-order valence-electron chi connectivity index (χ0n) is 21.4. The molecule has 0 unspecified atom stereocenters. The van der Waals surface area contributed by atoms with Crippen LogP contribution in [0, 0.1) is 0 Å². The molecule has 1 heterocycles. The lowest BCUT2D eigenvalue weighted by atomic mass is 9.99. The van der Waals surface area contributed by atoms with E-state index in [0.29, 0.717) is 41.2 Å². The minimum atomic E-state index is -0.465. The van der Waals surface area contributed by atoms with Gasteiger partial charge in [0.15, 0.2) is 0 Å². The molecule has 0 bridgehead atoms. The van der Waals surface area contributed by atoms with E-state index in [1.54, 1.807) is 37.2 Å². The molecule has 0 aromatic heterocycles. The highest BCUT2D eigenvalue weighted by atomic mass is 16.5. The molecule has 0 atom stereocenters. The number of rotatable bonds is 8. The minimum Gasteiger partial charge on any atom is -0.465 e. The molecule has 0 aliphatic carbocycles. The average Bonchev–Trinajstić information content (AvgIpc) is 3.22. The summed E-state index contributed by atoms with van der Waals surface area (Å²) in [5.74, 6) is -0.673. The molecule has 2 N–H and O–H groups in total. The minimum absolute atomic E-state index is 0.0498. The number of carbonyl (C=O) groups is 3. The van der Waals surface area contributed by atoms with Crippen LogP contribution in [0.2, 0.25) is 0 Å². The smallest absolute Gasteiger partial charge is 0.337 e. The largest absolute Gasteiger partial charge is 0.465 e. The van der Waals surface area contributed by atoms with Crippen molar-refractivity contribution in [1.29, 1.82) is 0 Å². The predicted molar refractivity (Wildman–Crippen MR) is 145 cm³/mol. The fourth-order valence-corrected chi connectivity index (χ4v) is 4.13. The SMILES string of the molecule is COC(=O)c1ccc2c(c1)NC(=O)/C2=C(\Nc1ccc(CN(C)CC(=O)N(C)C)cc1)c1ccccc1. The molecule has 3 aromatic carbocycles. The van der Waals surface area contributed by atoms with Crippen LogP contribution in [0.5, 0.6) is 0 Å². The Balaban J connectivity index is 1.64.